The third kappa shape index (κ3) is 3.94. The van der Waals surface area contributed by atoms with E-state index in [2.05, 4.69) is 11.9 Å². The highest BCUT2D eigenvalue weighted by atomic mass is 16.5. The SMILES string of the molecule is C=C(C)CN1C(=O)C(C)Oc2ccc(NC(=O)Cc3ccccc3)cc21. The van der Waals surface area contributed by atoms with E-state index in [9.17, 15) is 9.59 Å². The monoisotopic (exact) mass is 350 g/mol. The van der Waals surface area contributed by atoms with Crippen LogP contribution >= 0.6 is 0 Å². The van der Waals surface area contributed by atoms with Gasteiger partial charge in [-0.05, 0) is 37.6 Å². The average molecular weight is 350 g/mol. The summed E-state index contributed by atoms with van der Waals surface area (Å²) in [6.07, 6.45) is -0.250. The molecule has 1 N–H and O–H groups in total. The molecule has 1 aliphatic heterocycles. The number of rotatable bonds is 5. The van der Waals surface area contributed by atoms with E-state index in [0.717, 1.165) is 11.1 Å². The summed E-state index contributed by atoms with van der Waals surface area (Å²) in [5.41, 5.74) is 3.09. The Morgan fingerprint density at radius 1 is 1.23 bits per heavy atom. The summed E-state index contributed by atoms with van der Waals surface area (Å²) in [6, 6.07) is 14.9. The Kier molecular flexibility index (Phi) is 5.07. The molecule has 0 fully saturated rings. The molecule has 0 saturated carbocycles. The molecule has 0 radical (unpaired) electrons. The van der Waals surface area contributed by atoms with Gasteiger partial charge < -0.3 is 15.0 Å². The standard InChI is InChI=1S/C21H22N2O3/c1-14(2)13-23-18-12-17(9-10-19(18)26-15(3)21(23)25)22-20(24)11-16-7-5-4-6-8-16/h4-10,12,15H,1,11,13H2,2-3H3,(H,22,24). The van der Waals surface area contributed by atoms with Gasteiger partial charge in [-0.1, -0.05) is 42.5 Å². The molecule has 26 heavy (non-hydrogen) atoms. The first-order valence-corrected chi connectivity index (χ1v) is 8.54. The number of hydrogen-bond donors (Lipinski definition) is 1. The van der Waals surface area contributed by atoms with Crippen LogP contribution < -0.4 is 15.0 Å². The first-order chi connectivity index (χ1) is 12.4. The molecule has 2 aromatic carbocycles. The lowest BCUT2D eigenvalue weighted by molar-refractivity contribution is -0.125. The lowest BCUT2D eigenvalue weighted by Gasteiger charge is -2.33. The zero-order valence-electron chi connectivity index (χ0n) is 15.0. The molecule has 1 aliphatic rings. The van der Waals surface area contributed by atoms with Crippen molar-refractivity contribution in [3.63, 3.8) is 0 Å². The second kappa shape index (κ2) is 7.44. The lowest BCUT2D eigenvalue weighted by atomic mass is 10.1. The number of nitrogens with one attached hydrogen (secondary N) is 1. The van der Waals surface area contributed by atoms with E-state index in [-0.39, 0.29) is 11.8 Å². The van der Waals surface area contributed by atoms with Crippen molar-refractivity contribution in [1.82, 2.24) is 0 Å². The van der Waals surface area contributed by atoms with Crippen molar-refractivity contribution in [2.75, 3.05) is 16.8 Å². The molecule has 0 bridgehead atoms. The van der Waals surface area contributed by atoms with Gasteiger partial charge in [0.1, 0.15) is 5.75 Å². The maximum atomic E-state index is 12.5. The molecule has 1 heterocycles. The van der Waals surface area contributed by atoms with Crippen LogP contribution in [0.1, 0.15) is 19.4 Å². The van der Waals surface area contributed by atoms with E-state index in [1.54, 1.807) is 30.0 Å². The van der Waals surface area contributed by atoms with E-state index in [1.165, 1.54) is 0 Å². The highest BCUT2D eigenvalue weighted by molar-refractivity contribution is 6.01. The minimum atomic E-state index is -0.541. The number of amides is 2. The van der Waals surface area contributed by atoms with E-state index in [0.29, 0.717) is 30.1 Å². The first kappa shape index (κ1) is 17.7. The van der Waals surface area contributed by atoms with Gasteiger partial charge in [-0.3, -0.25) is 9.59 Å². The molecule has 0 saturated heterocycles. The van der Waals surface area contributed by atoms with Crippen molar-refractivity contribution >= 4 is 23.2 Å². The van der Waals surface area contributed by atoms with Crippen molar-refractivity contribution in [3.8, 4) is 5.75 Å². The Bertz CT molecular complexity index is 846. The van der Waals surface area contributed by atoms with Crippen molar-refractivity contribution in [3.05, 3.63) is 66.2 Å². The smallest absolute Gasteiger partial charge is 0.268 e. The summed E-state index contributed by atoms with van der Waals surface area (Å²) in [6.45, 7) is 7.91. The number of hydrogen-bond acceptors (Lipinski definition) is 3. The fraction of sp³-hybridized carbons (Fsp3) is 0.238. The van der Waals surface area contributed by atoms with E-state index in [4.69, 9.17) is 4.74 Å². The highest BCUT2D eigenvalue weighted by Gasteiger charge is 2.31. The molecule has 3 rings (SSSR count). The molecule has 0 aliphatic carbocycles. The van der Waals surface area contributed by atoms with Crippen LogP contribution in [-0.2, 0) is 16.0 Å². The molecular formula is C21H22N2O3. The molecule has 2 aromatic rings. The van der Waals surface area contributed by atoms with E-state index < -0.39 is 6.10 Å². The first-order valence-electron chi connectivity index (χ1n) is 8.54. The van der Waals surface area contributed by atoms with Crippen molar-refractivity contribution < 1.29 is 14.3 Å². The van der Waals surface area contributed by atoms with Gasteiger partial charge in [0.15, 0.2) is 6.10 Å². The minimum Gasteiger partial charge on any atom is -0.479 e. The fourth-order valence-corrected chi connectivity index (χ4v) is 2.90. The summed E-state index contributed by atoms with van der Waals surface area (Å²) in [5.74, 6) is 0.395. The quantitative estimate of drug-likeness (QED) is 0.839. The Labute approximate surface area is 153 Å². The van der Waals surface area contributed by atoms with Gasteiger partial charge in [-0.2, -0.15) is 0 Å². The Morgan fingerprint density at radius 2 is 1.96 bits per heavy atom. The van der Waals surface area contributed by atoms with Crippen molar-refractivity contribution in [1.29, 1.82) is 0 Å². The molecule has 1 atom stereocenters. The van der Waals surface area contributed by atoms with Crippen molar-refractivity contribution in [2.45, 2.75) is 26.4 Å². The second-order valence-corrected chi connectivity index (χ2v) is 6.53. The number of ether oxygens (including phenoxy) is 1. The van der Waals surface area contributed by atoms with Gasteiger partial charge in [-0.25, -0.2) is 0 Å². The summed E-state index contributed by atoms with van der Waals surface area (Å²) < 4.78 is 5.68. The number of carbonyl (C=O) groups is 2. The molecule has 134 valence electrons. The molecule has 1 unspecified atom stereocenters. The molecule has 2 amide bonds. The predicted molar refractivity (Wildman–Crippen MR) is 102 cm³/mol. The van der Waals surface area contributed by atoms with Crippen LogP contribution in [0.5, 0.6) is 5.75 Å². The van der Waals surface area contributed by atoms with Gasteiger partial charge in [0.05, 0.1) is 12.1 Å². The summed E-state index contributed by atoms with van der Waals surface area (Å²) >= 11 is 0. The van der Waals surface area contributed by atoms with E-state index in [1.807, 2.05) is 37.3 Å². The number of carbonyl (C=O) groups excluding carboxylic acids is 2. The van der Waals surface area contributed by atoms with E-state index >= 15 is 0 Å². The number of fused-ring (bicyclic) bond motifs is 1. The van der Waals surface area contributed by atoms with Gasteiger partial charge in [0.2, 0.25) is 5.91 Å². The molecule has 0 aromatic heterocycles. The van der Waals surface area contributed by atoms with Crippen molar-refractivity contribution in [2.24, 2.45) is 0 Å². The second-order valence-electron chi connectivity index (χ2n) is 6.53. The molecule has 0 spiro atoms. The summed E-state index contributed by atoms with van der Waals surface area (Å²) in [7, 11) is 0. The fourth-order valence-electron chi connectivity index (χ4n) is 2.90. The van der Waals surface area contributed by atoms with Crippen LogP contribution in [0, 0.1) is 0 Å². The van der Waals surface area contributed by atoms with Crippen LogP contribution in [0.3, 0.4) is 0 Å². The largest absolute Gasteiger partial charge is 0.479 e. The lowest BCUT2D eigenvalue weighted by Crippen LogP contribution is -2.45. The topological polar surface area (TPSA) is 58.6 Å². The van der Waals surface area contributed by atoms with Crippen LogP contribution in [0.25, 0.3) is 0 Å². The number of benzene rings is 2. The van der Waals surface area contributed by atoms with Crippen LogP contribution in [0.2, 0.25) is 0 Å². The zero-order chi connectivity index (χ0) is 18.7. The van der Waals surface area contributed by atoms with Crippen LogP contribution in [0.15, 0.2) is 60.7 Å². The Hall–Kier alpha value is -3.08. The average Bonchev–Trinajstić information content (AvgIpc) is 2.60. The normalized spacial score (nSPS) is 15.8. The van der Waals surface area contributed by atoms with Gasteiger partial charge in [0.25, 0.3) is 5.91 Å². The summed E-state index contributed by atoms with van der Waals surface area (Å²) in [4.78, 5) is 26.4. The Balaban J connectivity index is 1.80. The third-order valence-electron chi connectivity index (χ3n) is 4.09. The van der Waals surface area contributed by atoms with Gasteiger partial charge in [0, 0.05) is 12.2 Å². The molecule has 5 nitrogen and oxygen atoms in total. The third-order valence-corrected chi connectivity index (χ3v) is 4.09. The predicted octanol–water partition coefficient (Wildman–Crippen LogP) is 3.56. The van der Waals surface area contributed by atoms with Crippen LogP contribution in [0.4, 0.5) is 11.4 Å². The molecule has 5 heteroatoms. The van der Waals surface area contributed by atoms with Gasteiger partial charge in [-0.15, -0.1) is 0 Å². The number of nitrogens with zero attached hydrogens (tertiary/aromatic N) is 1. The maximum Gasteiger partial charge on any atom is 0.268 e. The highest BCUT2D eigenvalue weighted by Crippen LogP contribution is 2.36. The Morgan fingerprint density at radius 3 is 2.65 bits per heavy atom. The van der Waals surface area contributed by atoms with Gasteiger partial charge >= 0.3 is 0 Å². The molecular weight excluding hydrogens is 328 g/mol. The van der Waals surface area contributed by atoms with Crippen LogP contribution in [-0.4, -0.2) is 24.5 Å². The maximum absolute atomic E-state index is 12.5. The minimum absolute atomic E-state index is 0.112. The zero-order valence-corrected chi connectivity index (χ0v) is 15.0. The number of anilines is 2. The summed E-state index contributed by atoms with van der Waals surface area (Å²) in [5, 5.41) is 2.89.